The van der Waals surface area contributed by atoms with Gasteiger partial charge in [-0.1, -0.05) is 0 Å². The normalized spacial score (nSPS) is 10.4. The second-order valence-corrected chi connectivity index (χ2v) is 5.21. The second kappa shape index (κ2) is 7.21. The third-order valence-electron chi connectivity index (χ3n) is 2.53. The third-order valence-corrected chi connectivity index (χ3v) is 3.70. The highest BCUT2D eigenvalue weighted by Crippen LogP contribution is 2.11. The zero-order valence-corrected chi connectivity index (χ0v) is 11.9. The van der Waals surface area contributed by atoms with Crippen molar-refractivity contribution in [2.45, 2.75) is 18.7 Å². The van der Waals surface area contributed by atoms with E-state index in [2.05, 4.69) is 15.3 Å². The molecule has 0 saturated carbocycles. The molecule has 0 spiro atoms. The van der Waals surface area contributed by atoms with Crippen LogP contribution in [0.25, 0.3) is 0 Å². The van der Waals surface area contributed by atoms with Crippen LogP contribution in [0.3, 0.4) is 0 Å². The molecule has 0 aliphatic heterocycles. The van der Waals surface area contributed by atoms with Gasteiger partial charge in [0.2, 0.25) is 5.91 Å². The maximum absolute atomic E-state index is 11.7. The van der Waals surface area contributed by atoms with Crippen LogP contribution in [0.5, 0.6) is 0 Å². The quantitative estimate of drug-likeness (QED) is 0.831. The van der Waals surface area contributed by atoms with Crippen LogP contribution in [0.2, 0.25) is 0 Å². The van der Waals surface area contributed by atoms with Gasteiger partial charge in [-0.25, -0.2) is 4.98 Å². The van der Waals surface area contributed by atoms with Crippen LogP contribution in [0.4, 0.5) is 0 Å². The number of aromatic nitrogens is 2. The first kappa shape index (κ1) is 14.0. The van der Waals surface area contributed by atoms with E-state index in [-0.39, 0.29) is 5.91 Å². The molecule has 0 saturated heterocycles. The molecule has 0 aromatic carbocycles. The van der Waals surface area contributed by atoms with E-state index < -0.39 is 0 Å². The minimum absolute atomic E-state index is 0.00970. The zero-order chi connectivity index (χ0) is 13.5. The fourth-order valence-electron chi connectivity index (χ4n) is 1.59. The number of amides is 1. The van der Waals surface area contributed by atoms with Crippen LogP contribution >= 0.6 is 22.9 Å². The van der Waals surface area contributed by atoms with Crippen LogP contribution in [0.15, 0.2) is 29.9 Å². The van der Waals surface area contributed by atoms with Crippen LogP contribution < -0.4 is 5.32 Å². The van der Waals surface area contributed by atoms with E-state index in [1.807, 2.05) is 17.5 Å². The van der Waals surface area contributed by atoms with Crippen molar-refractivity contribution in [3.05, 3.63) is 46.2 Å². The van der Waals surface area contributed by atoms with Gasteiger partial charge in [-0.3, -0.25) is 9.78 Å². The van der Waals surface area contributed by atoms with Crippen molar-refractivity contribution in [2.24, 2.45) is 0 Å². The zero-order valence-electron chi connectivity index (χ0n) is 10.3. The van der Waals surface area contributed by atoms with Crippen molar-refractivity contribution in [2.75, 3.05) is 6.54 Å². The average Bonchev–Trinajstić information content (AvgIpc) is 2.87. The van der Waals surface area contributed by atoms with Gasteiger partial charge in [0.1, 0.15) is 5.01 Å². The number of hydrogen-bond acceptors (Lipinski definition) is 4. The van der Waals surface area contributed by atoms with Gasteiger partial charge in [-0.05, 0) is 24.1 Å². The largest absolute Gasteiger partial charge is 0.355 e. The maximum Gasteiger partial charge on any atom is 0.226 e. The summed E-state index contributed by atoms with van der Waals surface area (Å²) in [6.07, 6.45) is 4.62. The number of hydrogen-bond donors (Lipinski definition) is 1. The Balaban J connectivity index is 1.73. The molecule has 2 heterocycles. The lowest BCUT2D eigenvalue weighted by atomic mass is 10.2. The van der Waals surface area contributed by atoms with E-state index in [0.29, 0.717) is 18.8 Å². The first-order valence-corrected chi connectivity index (χ1v) is 7.34. The number of carbonyl (C=O) groups excluding carboxylic acids is 1. The van der Waals surface area contributed by atoms with E-state index in [0.717, 1.165) is 22.7 Å². The Bertz CT molecular complexity index is 530. The highest BCUT2D eigenvalue weighted by atomic mass is 35.5. The number of thiazole rings is 1. The first-order chi connectivity index (χ1) is 9.28. The average molecular weight is 296 g/mol. The standard InChI is InChI=1S/C13H14ClN3OS/c14-8-11-9-19-13(17-11)7-12(18)16-6-3-10-1-4-15-5-2-10/h1-2,4-5,9H,3,6-8H2,(H,16,18). The Kier molecular flexibility index (Phi) is 5.30. The molecule has 1 N–H and O–H groups in total. The Morgan fingerprint density at radius 2 is 2.16 bits per heavy atom. The van der Waals surface area contributed by atoms with Crippen molar-refractivity contribution < 1.29 is 4.79 Å². The van der Waals surface area contributed by atoms with Crippen molar-refractivity contribution in [3.63, 3.8) is 0 Å². The summed E-state index contributed by atoms with van der Waals surface area (Å²) < 4.78 is 0. The van der Waals surface area contributed by atoms with Gasteiger partial charge in [0.15, 0.2) is 0 Å². The van der Waals surface area contributed by atoms with Gasteiger partial charge in [0.25, 0.3) is 0 Å². The molecule has 2 aromatic rings. The van der Waals surface area contributed by atoms with Crippen molar-refractivity contribution in [1.29, 1.82) is 0 Å². The van der Waals surface area contributed by atoms with Gasteiger partial charge >= 0.3 is 0 Å². The second-order valence-electron chi connectivity index (χ2n) is 4.00. The summed E-state index contributed by atoms with van der Waals surface area (Å²) in [6, 6.07) is 3.89. The molecule has 0 atom stereocenters. The Morgan fingerprint density at radius 3 is 2.84 bits per heavy atom. The Hall–Kier alpha value is -1.46. The van der Waals surface area contributed by atoms with Crippen LogP contribution in [0.1, 0.15) is 16.3 Å². The lowest BCUT2D eigenvalue weighted by Crippen LogP contribution is -2.27. The molecular weight excluding hydrogens is 282 g/mol. The van der Waals surface area contributed by atoms with Gasteiger partial charge in [-0.2, -0.15) is 0 Å². The molecule has 0 aliphatic carbocycles. The number of pyridine rings is 1. The molecular formula is C13H14ClN3OS. The van der Waals surface area contributed by atoms with Gasteiger partial charge in [-0.15, -0.1) is 22.9 Å². The monoisotopic (exact) mass is 295 g/mol. The molecule has 0 bridgehead atoms. The minimum atomic E-state index is -0.00970. The van der Waals surface area contributed by atoms with Gasteiger partial charge < -0.3 is 5.32 Å². The number of nitrogens with one attached hydrogen (secondary N) is 1. The summed E-state index contributed by atoms with van der Waals surface area (Å²) in [5.41, 5.74) is 1.99. The SMILES string of the molecule is O=C(Cc1nc(CCl)cs1)NCCc1ccncc1. The predicted octanol–water partition coefficient (Wildman–Crippen LogP) is 2.18. The maximum atomic E-state index is 11.7. The van der Waals surface area contributed by atoms with Crippen LogP contribution in [0, 0.1) is 0 Å². The Morgan fingerprint density at radius 1 is 1.37 bits per heavy atom. The predicted molar refractivity (Wildman–Crippen MR) is 76.3 cm³/mol. The summed E-state index contributed by atoms with van der Waals surface area (Å²) >= 11 is 7.13. The van der Waals surface area contributed by atoms with Crippen molar-refractivity contribution in [1.82, 2.24) is 15.3 Å². The topological polar surface area (TPSA) is 54.9 Å². The lowest BCUT2D eigenvalue weighted by Gasteiger charge is -2.03. The van der Waals surface area contributed by atoms with Crippen LogP contribution in [-0.4, -0.2) is 22.4 Å². The van der Waals surface area contributed by atoms with Crippen molar-refractivity contribution >= 4 is 28.8 Å². The molecule has 1 amide bonds. The number of carbonyl (C=O) groups is 1. The van der Waals surface area contributed by atoms with Gasteiger partial charge in [0, 0.05) is 24.3 Å². The molecule has 0 fully saturated rings. The summed E-state index contributed by atoms with van der Waals surface area (Å²) in [5.74, 6) is 0.379. The van der Waals surface area contributed by atoms with E-state index in [9.17, 15) is 4.79 Å². The number of rotatable bonds is 6. The lowest BCUT2D eigenvalue weighted by molar-refractivity contribution is -0.120. The van der Waals surface area contributed by atoms with E-state index in [4.69, 9.17) is 11.6 Å². The number of alkyl halides is 1. The molecule has 4 nitrogen and oxygen atoms in total. The summed E-state index contributed by atoms with van der Waals surface area (Å²) in [7, 11) is 0. The van der Waals surface area contributed by atoms with Crippen molar-refractivity contribution in [3.8, 4) is 0 Å². The minimum Gasteiger partial charge on any atom is -0.355 e. The molecule has 100 valence electrons. The van der Waals surface area contributed by atoms with Crippen LogP contribution in [-0.2, 0) is 23.5 Å². The molecule has 0 radical (unpaired) electrons. The molecule has 0 aliphatic rings. The molecule has 19 heavy (non-hydrogen) atoms. The summed E-state index contributed by atoms with van der Waals surface area (Å²) in [6.45, 7) is 0.622. The first-order valence-electron chi connectivity index (χ1n) is 5.93. The third kappa shape index (κ3) is 4.61. The number of halogens is 1. The summed E-state index contributed by atoms with van der Waals surface area (Å²) in [4.78, 5) is 19.9. The smallest absolute Gasteiger partial charge is 0.226 e. The van der Waals surface area contributed by atoms with E-state index in [1.165, 1.54) is 11.3 Å². The molecule has 2 rings (SSSR count). The van der Waals surface area contributed by atoms with E-state index in [1.54, 1.807) is 12.4 Å². The molecule has 0 unspecified atom stereocenters. The Labute approximate surface area is 120 Å². The highest BCUT2D eigenvalue weighted by molar-refractivity contribution is 7.09. The van der Waals surface area contributed by atoms with Gasteiger partial charge in [0.05, 0.1) is 18.0 Å². The molecule has 6 heteroatoms. The molecule has 2 aromatic heterocycles. The summed E-state index contributed by atoms with van der Waals surface area (Å²) in [5, 5.41) is 5.57. The van der Waals surface area contributed by atoms with E-state index >= 15 is 0 Å². The highest BCUT2D eigenvalue weighted by Gasteiger charge is 2.07. The number of nitrogens with zero attached hydrogens (tertiary/aromatic N) is 2. The fraction of sp³-hybridized carbons (Fsp3) is 0.308. The fourth-order valence-corrected chi connectivity index (χ4v) is 2.61.